The van der Waals surface area contributed by atoms with Gasteiger partial charge in [0.2, 0.25) is 0 Å². The number of urea groups is 1. The summed E-state index contributed by atoms with van der Waals surface area (Å²) in [5, 5.41) is 22.7. The number of aliphatic carboxylic acids is 1. The van der Waals surface area contributed by atoms with Crippen LogP contribution in [0.3, 0.4) is 0 Å². The van der Waals surface area contributed by atoms with E-state index in [4.69, 9.17) is 14.9 Å². The Morgan fingerprint density at radius 1 is 1.47 bits per heavy atom. The molecule has 1 aliphatic heterocycles. The van der Waals surface area contributed by atoms with Crippen molar-refractivity contribution in [2.45, 2.75) is 50.8 Å². The Labute approximate surface area is 112 Å². The monoisotopic (exact) mass is 274 g/mol. The van der Waals surface area contributed by atoms with Crippen LogP contribution in [0.2, 0.25) is 0 Å². The Kier molecular flexibility index (Phi) is 5.56. The van der Waals surface area contributed by atoms with E-state index in [1.54, 1.807) is 0 Å². The summed E-state index contributed by atoms with van der Waals surface area (Å²) >= 11 is 0. The van der Waals surface area contributed by atoms with Gasteiger partial charge in [0.1, 0.15) is 6.04 Å². The maximum atomic E-state index is 11.7. The molecule has 1 saturated heterocycles. The number of rotatable bonds is 5. The molecule has 2 unspecified atom stereocenters. The highest BCUT2D eigenvalue weighted by Crippen LogP contribution is 2.23. The first kappa shape index (κ1) is 15.7. The third-order valence-corrected chi connectivity index (χ3v) is 3.05. The number of amides is 2. The average molecular weight is 274 g/mol. The van der Waals surface area contributed by atoms with Gasteiger partial charge in [0.15, 0.2) is 0 Å². The summed E-state index contributed by atoms with van der Waals surface area (Å²) in [4.78, 5) is 22.6. The zero-order valence-corrected chi connectivity index (χ0v) is 11.3. The van der Waals surface area contributed by atoms with Crippen LogP contribution in [-0.2, 0) is 9.53 Å². The van der Waals surface area contributed by atoms with E-state index in [1.165, 1.54) is 0 Å². The van der Waals surface area contributed by atoms with Crippen LogP contribution in [0.25, 0.3) is 0 Å². The van der Waals surface area contributed by atoms with Crippen LogP contribution in [0, 0.1) is 0 Å². The van der Waals surface area contributed by atoms with Crippen LogP contribution >= 0.6 is 0 Å². The smallest absolute Gasteiger partial charge is 0.326 e. The molecule has 2 amide bonds. The fourth-order valence-corrected chi connectivity index (χ4v) is 2.13. The van der Waals surface area contributed by atoms with Gasteiger partial charge in [-0.05, 0) is 26.7 Å². The van der Waals surface area contributed by atoms with E-state index in [0.717, 1.165) is 0 Å². The molecule has 1 fully saturated rings. The first-order valence-electron chi connectivity index (χ1n) is 6.39. The van der Waals surface area contributed by atoms with Crippen LogP contribution in [0.4, 0.5) is 4.79 Å². The van der Waals surface area contributed by atoms with Crippen LogP contribution in [-0.4, -0.2) is 53.1 Å². The van der Waals surface area contributed by atoms with E-state index in [1.807, 2.05) is 13.8 Å². The van der Waals surface area contributed by atoms with Gasteiger partial charge in [-0.1, -0.05) is 0 Å². The second kappa shape index (κ2) is 6.72. The van der Waals surface area contributed by atoms with Crippen molar-refractivity contribution in [3.8, 4) is 0 Å². The van der Waals surface area contributed by atoms with Crippen molar-refractivity contribution >= 4 is 12.0 Å². The first-order chi connectivity index (χ1) is 8.84. The Bertz CT molecular complexity index is 332. The summed E-state index contributed by atoms with van der Waals surface area (Å²) in [6.07, 6.45) is 1.37. The molecule has 4 N–H and O–H groups in total. The second-order valence-corrected chi connectivity index (χ2v) is 5.32. The molecular formula is C12H22N2O5. The minimum atomic E-state index is -1.16. The molecule has 1 heterocycles. The molecule has 19 heavy (non-hydrogen) atoms. The Morgan fingerprint density at radius 2 is 2.16 bits per heavy atom. The lowest BCUT2D eigenvalue weighted by molar-refractivity contribution is -0.139. The summed E-state index contributed by atoms with van der Waals surface area (Å²) < 4.78 is 5.54. The average Bonchev–Trinajstić information content (AvgIpc) is 2.26. The van der Waals surface area contributed by atoms with Gasteiger partial charge < -0.3 is 25.6 Å². The number of carboxylic acids is 1. The molecule has 0 saturated carbocycles. The molecule has 0 spiro atoms. The number of hydrogen-bond acceptors (Lipinski definition) is 4. The second-order valence-electron chi connectivity index (χ2n) is 5.32. The number of carbonyl (C=O) groups is 2. The van der Waals surface area contributed by atoms with Gasteiger partial charge in [0, 0.05) is 25.7 Å². The molecular weight excluding hydrogens is 252 g/mol. The molecule has 7 nitrogen and oxygen atoms in total. The lowest BCUT2D eigenvalue weighted by Crippen LogP contribution is -2.52. The Balaban J connectivity index is 2.43. The van der Waals surface area contributed by atoms with Crippen LogP contribution < -0.4 is 10.6 Å². The van der Waals surface area contributed by atoms with Crippen LogP contribution in [0.1, 0.15) is 33.1 Å². The van der Waals surface area contributed by atoms with E-state index < -0.39 is 18.0 Å². The van der Waals surface area contributed by atoms with Crippen LogP contribution in [0.5, 0.6) is 0 Å². The Hall–Kier alpha value is -1.34. The van der Waals surface area contributed by atoms with Gasteiger partial charge in [0.05, 0.1) is 5.60 Å². The molecule has 0 aliphatic carbocycles. The quantitative estimate of drug-likeness (QED) is 0.568. The van der Waals surface area contributed by atoms with Gasteiger partial charge in [-0.2, -0.15) is 0 Å². The maximum absolute atomic E-state index is 11.7. The zero-order chi connectivity index (χ0) is 14.5. The molecule has 0 aromatic heterocycles. The normalized spacial score (nSPS) is 23.4. The fraction of sp³-hybridized carbons (Fsp3) is 0.833. The van der Waals surface area contributed by atoms with Crippen molar-refractivity contribution in [1.29, 1.82) is 0 Å². The van der Waals surface area contributed by atoms with Gasteiger partial charge in [-0.3, -0.25) is 0 Å². The van der Waals surface area contributed by atoms with E-state index in [2.05, 4.69) is 10.6 Å². The van der Waals surface area contributed by atoms with Crippen molar-refractivity contribution in [2.75, 3.05) is 13.2 Å². The van der Waals surface area contributed by atoms with E-state index in [0.29, 0.717) is 19.4 Å². The minimum Gasteiger partial charge on any atom is -0.480 e. The number of nitrogens with one attached hydrogen (secondary N) is 2. The minimum absolute atomic E-state index is 0.0119. The van der Waals surface area contributed by atoms with Crippen molar-refractivity contribution in [2.24, 2.45) is 0 Å². The van der Waals surface area contributed by atoms with Gasteiger partial charge in [-0.25, -0.2) is 9.59 Å². The summed E-state index contributed by atoms with van der Waals surface area (Å²) in [5.41, 5.74) is -0.284. The molecule has 0 radical (unpaired) electrons. The number of carboxylic acid groups (broad SMARTS) is 1. The molecule has 2 atom stereocenters. The molecule has 0 aromatic rings. The Morgan fingerprint density at radius 3 is 2.68 bits per heavy atom. The predicted molar refractivity (Wildman–Crippen MR) is 67.8 cm³/mol. The number of aliphatic hydroxyl groups excluding tert-OH is 1. The SMILES string of the molecule is CC1(C)CC(NC(=O)NC(CCO)C(=O)O)CCO1. The van der Waals surface area contributed by atoms with Crippen LogP contribution in [0.15, 0.2) is 0 Å². The van der Waals surface area contributed by atoms with Crippen molar-refractivity contribution in [3.05, 3.63) is 0 Å². The van der Waals surface area contributed by atoms with E-state index in [-0.39, 0.29) is 24.7 Å². The third-order valence-electron chi connectivity index (χ3n) is 3.05. The highest BCUT2D eigenvalue weighted by molar-refractivity contribution is 5.82. The maximum Gasteiger partial charge on any atom is 0.326 e. The molecule has 0 aromatic carbocycles. The molecule has 0 bridgehead atoms. The van der Waals surface area contributed by atoms with Gasteiger partial charge in [0.25, 0.3) is 0 Å². The highest BCUT2D eigenvalue weighted by atomic mass is 16.5. The number of hydrogen-bond donors (Lipinski definition) is 4. The fourth-order valence-electron chi connectivity index (χ4n) is 2.13. The van der Waals surface area contributed by atoms with Gasteiger partial charge in [-0.15, -0.1) is 0 Å². The lowest BCUT2D eigenvalue weighted by Gasteiger charge is -2.35. The topological polar surface area (TPSA) is 108 Å². The van der Waals surface area contributed by atoms with Gasteiger partial charge >= 0.3 is 12.0 Å². The zero-order valence-electron chi connectivity index (χ0n) is 11.3. The number of ether oxygens (including phenoxy) is 1. The van der Waals surface area contributed by atoms with E-state index >= 15 is 0 Å². The summed E-state index contributed by atoms with van der Waals surface area (Å²) in [6.45, 7) is 4.17. The van der Waals surface area contributed by atoms with Crippen molar-refractivity contribution in [1.82, 2.24) is 10.6 Å². The van der Waals surface area contributed by atoms with E-state index in [9.17, 15) is 9.59 Å². The number of carbonyl (C=O) groups excluding carboxylic acids is 1. The highest BCUT2D eigenvalue weighted by Gasteiger charge is 2.30. The molecule has 110 valence electrons. The number of aliphatic hydroxyl groups is 1. The summed E-state index contributed by atoms with van der Waals surface area (Å²) in [6, 6.07) is -1.63. The summed E-state index contributed by atoms with van der Waals surface area (Å²) in [5.74, 6) is -1.16. The lowest BCUT2D eigenvalue weighted by atomic mass is 9.94. The summed E-state index contributed by atoms with van der Waals surface area (Å²) in [7, 11) is 0. The molecule has 1 aliphatic rings. The molecule has 1 rings (SSSR count). The molecule has 7 heteroatoms. The van der Waals surface area contributed by atoms with Crippen molar-refractivity contribution < 1.29 is 24.5 Å². The first-order valence-corrected chi connectivity index (χ1v) is 6.39. The predicted octanol–water partition coefficient (Wildman–Crippen LogP) is 0.0788. The largest absolute Gasteiger partial charge is 0.480 e. The standard InChI is InChI=1S/C12H22N2O5/c1-12(2)7-8(4-6-19-12)13-11(18)14-9(3-5-15)10(16)17/h8-9,15H,3-7H2,1-2H3,(H,16,17)(H2,13,14,18). The van der Waals surface area contributed by atoms with Crippen molar-refractivity contribution in [3.63, 3.8) is 0 Å². The third kappa shape index (κ3) is 5.44.